The molecule has 0 unspecified atom stereocenters. The lowest BCUT2D eigenvalue weighted by Gasteiger charge is -2.25. The lowest BCUT2D eigenvalue weighted by atomic mass is 10.0. The van der Waals surface area contributed by atoms with Crippen LogP contribution in [-0.4, -0.2) is 104 Å². The second-order valence-corrected chi connectivity index (χ2v) is 15.0. The molecule has 3 aromatic carbocycles. The minimum absolute atomic E-state index is 0.0400. The fraction of sp³-hybridized carbons (Fsp3) is 0.390. The number of nitrogens with zero attached hydrogens (tertiary/aromatic N) is 1. The van der Waals surface area contributed by atoms with Gasteiger partial charge in [0.1, 0.15) is 22.9 Å². The number of sulfonamides is 1. The minimum atomic E-state index is -3.75. The van der Waals surface area contributed by atoms with Gasteiger partial charge >= 0.3 is 5.97 Å². The molecule has 0 spiro atoms. The highest BCUT2D eigenvalue weighted by atomic mass is 32.2. The van der Waals surface area contributed by atoms with Crippen molar-refractivity contribution in [3.05, 3.63) is 94.8 Å². The Hall–Kier alpha value is -5.13. The molecule has 4 aromatic rings. The third-order valence-electron chi connectivity index (χ3n) is 8.87. The van der Waals surface area contributed by atoms with Gasteiger partial charge < -0.3 is 38.5 Å². The van der Waals surface area contributed by atoms with Gasteiger partial charge in [-0.15, -0.1) is 0 Å². The van der Waals surface area contributed by atoms with Crippen molar-refractivity contribution in [1.29, 1.82) is 0 Å². The molecular formula is C41H47FN2O12S. The van der Waals surface area contributed by atoms with E-state index < -0.39 is 27.6 Å². The zero-order chi connectivity index (χ0) is 41.0. The van der Waals surface area contributed by atoms with Gasteiger partial charge in [0.15, 0.2) is 0 Å². The number of carbonyl (C=O) groups is 3. The van der Waals surface area contributed by atoms with Gasteiger partial charge in [-0.2, -0.15) is 0 Å². The maximum absolute atomic E-state index is 13.7. The van der Waals surface area contributed by atoms with E-state index in [1.165, 1.54) is 35.6 Å². The van der Waals surface area contributed by atoms with Crippen molar-refractivity contribution in [1.82, 2.24) is 5.32 Å². The highest BCUT2D eigenvalue weighted by Crippen LogP contribution is 2.48. The van der Waals surface area contributed by atoms with Crippen molar-refractivity contribution in [3.8, 4) is 11.3 Å². The highest BCUT2D eigenvalue weighted by molar-refractivity contribution is 7.92. The number of nitrogens with one attached hydrogen (secondary N) is 1. The number of furan rings is 1. The first-order valence-corrected chi connectivity index (χ1v) is 20.3. The number of aliphatic hydroxyl groups is 1. The summed E-state index contributed by atoms with van der Waals surface area (Å²) in [5, 5.41) is 13.4. The minimum Gasteiger partial charge on any atom is -0.507 e. The van der Waals surface area contributed by atoms with Gasteiger partial charge in [-0.1, -0.05) is 18.2 Å². The van der Waals surface area contributed by atoms with Crippen LogP contribution < -0.4 is 9.62 Å². The Labute approximate surface area is 330 Å². The van der Waals surface area contributed by atoms with Gasteiger partial charge in [-0.05, 0) is 73.2 Å². The normalized spacial score (nSPS) is 13.2. The molecule has 1 aromatic heterocycles. The van der Waals surface area contributed by atoms with Gasteiger partial charge in [0.2, 0.25) is 10.0 Å². The molecule has 1 aliphatic rings. The molecule has 1 fully saturated rings. The lowest BCUT2D eigenvalue weighted by Crippen LogP contribution is -2.34. The maximum atomic E-state index is 13.7. The van der Waals surface area contributed by atoms with Gasteiger partial charge in [-0.3, -0.25) is 13.9 Å². The number of fused-ring (bicyclic) bond motifs is 1. The Morgan fingerprint density at radius 2 is 1.58 bits per heavy atom. The Bertz CT molecular complexity index is 2160. The molecule has 2 N–H and O–H groups in total. The first-order valence-electron chi connectivity index (χ1n) is 18.5. The zero-order valence-electron chi connectivity index (χ0n) is 32.1. The predicted molar refractivity (Wildman–Crippen MR) is 210 cm³/mol. The standard InChI is InChI=1S/C41H47FN2O12S/c1-4-55-41(48)36(46)25-35(45)30-7-5-6-27(22-30)26-54-21-20-53-19-18-52-17-16-51-15-14-44(57(3,49)50)34-24-37-33(23-32(34)28-8-9-28)38(40(47)43-2)39(56-37)29-10-12-31(42)13-11-29/h5-7,10-13,22-25,28,45H,4,8-9,14-21,26H2,1-3H3,(H,43,47). The van der Waals surface area contributed by atoms with Crippen molar-refractivity contribution >= 4 is 50.1 Å². The molecule has 0 atom stereocenters. The summed E-state index contributed by atoms with van der Waals surface area (Å²) >= 11 is 0. The van der Waals surface area contributed by atoms with E-state index in [1.54, 1.807) is 37.3 Å². The first kappa shape index (κ1) is 43.0. The topological polar surface area (TPSA) is 180 Å². The second-order valence-electron chi connectivity index (χ2n) is 13.1. The van der Waals surface area contributed by atoms with E-state index >= 15 is 0 Å². The number of hydrogen-bond acceptors (Lipinski definition) is 12. The van der Waals surface area contributed by atoms with Gasteiger partial charge in [-0.25, -0.2) is 17.6 Å². The van der Waals surface area contributed by atoms with Crippen LogP contribution in [0.2, 0.25) is 0 Å². The number of ether oxygens (including phenoxy) is 5. The number of rotatable bonds is 23. The van der Waals surface area contributed by atoms with Gasteiger partial charge in [0.05, 0.1) is 83.5 Å². The third kappa shape index (κ3) is 11.9. The SMILES string of the molecule is CCOC(=O)C(=O)C=C(O)c1cccc(COCCOCCOCCOCCN(c2cc3oc(-c4ccc(F)cc4)c(C(=O)NC)c3cc2C2CC2)S(C)(=O)=O)c1. The Balaban J connectivity index is 1.05. The average Bonchev–Trinajstić information content (AvgIpc) is 3.97. The molecule has 1 saturated carbocycles. The lowest BCUT2D eigenvalue weighted by molar-refractivity contribution is -0.151. The number of esters is 1. The summed E-state index contributed by atoms with van der Waals surface area (Å²) in [6.45, 7) is 3.73. The summed E-state index contributed by atoms with van der Waals surface area (Å²) < 4.78 is 74.5. The molecule has 306 valence electrons. The molecule has 14 nitrogen and oxygen atoms in total. The van der Waals surface area contributed by atoms with Crippen molar-refractivity contribution in [2.45, 2.75) is 32.3 Å². The summed E-state index contributed by atoms with van der Waals surface area (Å²) in [4.78, 5) is 36.4. The molecule has 1 amide bonds. The molecule has 16 heteroatoms. The number of carbonyl (C=O) groups excluding carboxylic acids is 3. The largest absolute Gasteiger partial charge is 0.507 e. The number of aliphatic hydroxyl groups excluding tert-OH is 1. The number of amides is 1. The zero-order valence-corrected chi connectivity index (χ0v) is 32.9. The van der Waals surface area contributed by atoms with E-state index in [-0.39, 0.29) is 62.9 Å². The molecular weight excluding hydrogens is 764 g/mol. The van der Waals surface area contributed by atoms with E-state index in [0.717, 1.165) is 36.3 Å². The number of ketones is 1. The van der Waals surface area contributed by atoms with Crippen molar-refractivity contribution in [3.63, 3.8) is 0 Å². The molecule has 5 rings (SSSR count). The van der Waals surface area contributed by atoms with Crippen molar-refractivity contribution in [2.75, 3.05) is 77.0 Å². The van der Waals surface area contributed by atoms with Crippen LogP contribution in [0, 0.1) is 5.82 Å². The molecule has 0 aliphatic heterocycles. The molecule has 1 heterocycles. The van der Waals surface area contributed by atoms with Crippen LogP contribution in [0.25, 0.3) is 28.1 Å². The highest BCUT2D eigenvalue weighted by Gasteiger charge is 2.33. The number of anilines is 1. The van der Waals surface area contributed by atoms with Crippen LogP contribution in [0.5, 0.6) is 0 Å². The smallest absolute Gasteiger partial charge is 0.379 e. The molecule has 57 heavy (non-hydrogen) atoms. The van der Waals surface area contributed by atoms with E-state index in [9.17, 15) is 32.3 Å². The van der Waals surface area contributed by atoms with Gasteiger partial charge in [0.25, 0.3) is 11.7 Å². The fourth-order valence-corrected chi connectivity index (χ4v) is 6.91. The van der Waals surface area contributed by atoms with Crippen LogP contribution in [0.15, 0.2) is 71.2 Å². The molecule has 0 radical (unpaired) electrons. The average molecular weight is 811 g/mol. The van der Waals surface area contributed by atoms with E-state index in [4.69, 9.17) is 23.4 Å². The summed E-state index contributed by atoms with van der Waals surface area (Å²) in [6, 6.07) is 15.8. The summed E-state index contributed by atoms with van der Waals surface area (Å²) in [5.41, 5.74) is 3.48. The number of halogens is 1. The monoisotopic (exact) mass is 810 g/mol. The fourth-order valence-electron chi connectivity index (χ4n) is 5.99. The Morgan fingerprint density at radius 1 is 0.930 bits per heavy atom. The number of benzene rings is 3. The number of hydrogen-bond donors (Lipinski definition) is 2. The summed E-state index contributed by atoms with van der Waals surface area (Å²) in [5.74, 6) is -2.77. The van der Waals surface area contributed by atoms with Crippen LogP contribution in [-0.2, 0) is 49.9 Å². The second kappa shape index (κ2) is 20.3. The van der Waals surface area contributed by atoms with E-state index in [0.29, 0.717) is 59.8 Å². The third-order valence-corrected chi connectivity index (χ3v) is 10.1. The van der Waals surface area contributed by atoms with Crippen LogP contribution >= 0.6 is 0 Å². The maximum Gasteiger partial charge on any atom is 0.379 e. The summed E-state index contributed by atoms with van der Waals surface area (Å²) in [6.07, 6.45) is 3.71. The van der Waals surface area contributed by atoms with Crippen LogP contribution in [0.4, 0.5) is 10.1 Å². The van der Waals surface area contributed by atoms with Gasteiger partial charge in [0, 0.05) is 35.7 Å². The predicted octanol–water partition coefficient (Wildman–Crippen LogP) is 5.54. The Morgan fingerprint density at radius 3 is 2.19 bits per heavy atom. The quantitative estimate of drug-likeness (QED) is 0.0315. The van der Waals surface area contributed by atoms with E-state index in [1.807, 2.05) is 6.07 Å². The Kier molecular flexibility index (Phi) is 15.3. The summed E-state index contributed by atoms with van der Waals surface area (Å²) in [7, 11) is -2.23. The molecule has 0 saturated heterocycles. The first-order chi connectivity index (χ1) is 27.4. The van der Waals surface area contributed by atoms with Crippen molar-refractivity contribution < 1.29 is 60.4 Å². The van der Waals surface area contributed by atoms with Crippen LogP contribution in [0.1, 0.15) is 52.7 Å². The molecule has 0 bridgehead atoms. The van der Waals surface area contributed by atoms with Crippen LogP contribution in [0.3, 0.4) is 0 Å². The van der Waals surface area contributed by atoms with Crippen molar-refractivity contribution in [2.24, 2.45) is 0 Å². The van der Waals surface area contributed by atoms with E-state index in [2.05, 4.69) is 10.1 Å². The molecule has 1 aliphatic carbocycles.